The minimum atomic E-state index is -2.96. The van der Waals surface area contributed by atoms with E-state index in [1.807, 2.05) is 24.1 Å². The Morgan fingerprint density at radius 1 is 1.30 bits per heavy atom. The van der Waals surface area contributed by atoms with E-state index in [4.69, 9.17) is 4.74 Å². The molecule has 0 saturated heterocycles. The van der Waals surface area contributed by atoms with E-state index >= 15 is 0 Å². The number of ether oxygens (including phenoxy) is 1. The molecule has 0 aliphatic carbocycles. The van der Waals surface area contributed by atoms with Crippen molar-refractivity contribution < 1.29 is 13.2 Å². The van der Waals surface area contributed by atoms with Gasteiger partial charge in [-0.1, -0.05) is 28.1 Å². The lowest BCUT2D eigenvalue weighted by atomic mass is 10.2. The lowest BCUT2D eigenvalue weighted by Crippen LogP contribution is -2.40. The summed E-state index contributed by atoms with van der Waals surface area (Å²) in [5.41, 5.74) is 1.18. The number of guanidine groups is 1. The van der Waals surface area contributed by atoms with Crippen LogP contribution in [0, 0.1) is 0 Å². The summed E-state index contributed by atoms with van der Waals surface area (Å²) >= 11 is 3.42. The van der Waals surface area contributed by atoms with Crippen LogP contribution in [0.4, 0.5) is 0 Å². The highest BCUT2D eigenvalue weighted by atomic mass is 79.9. The fourth-order valence-electron chi connectivity index (χ4n) is 1.87. The highest BCUT2D eigenvalue weighted by molar-refractivity contribution is 9.10. The molecule has 8 heteroatoms. The van der Waals surface area contributed by atoms with Crippen molar-refractivity contribution in [3.05, 3.63) is 34.3 Å². The quantitative estimate of drug-likeness (QED) is 0.403. The maximum atomic E-state index is 11.0. The first-order chi connectivity index (χ1) is 10.8. The standard InChI is InChI=1S/C15H24BrN3O3S/c1-17-15(18-8-9-22-10-11-23(3,20)21)19(2)12-13-4-6-14(16)7-5-13/h4-7H,8-12H2,1-3H3,(H,17,18). The van der Waals surface area contributed by atoms with Gasteiger partial charge in [0, 0.05) is 37.9 Å². The van der Waals surface area contributed by atoms with E-state index in [0.29, 0.717) is 13.2 Å². The minimum absolute atomic E-state index is 0.0468. The third-order valence-corrected chi connectivity index (χ3v) is 4.47. The summed E-state index contributed by atoms with van der Waals surface area (Å²) in [6.45, 7) is 1.96. The molecule has 0 aliphatic heterocycles. The van der Waals surface area contributed by atoms with E-state index in [1.165, 1.54) is 11.8 Å². The third kappa shape index (κ3) is 8.92. The summed E-state index contributed by atoms with van der Waals surface area (Å²) in [7, 11) is 0.723. The Morgan fingerprint density at radius 3 is 2.52 bits per heavy atom. The number of sulfone groups is 1. The second-order valence-electron chi connectivity index (χ2n) is 5.20. The molecule has 1 aromatic rings. The predicted octanol–water partition coefficient (Wildman–Crippen LogP) is 1.52. The molecule has 0 spiro atoms. The molecular formula is C15H24BrN3O3S. The molecule has 0 saturated carbocycles. The fraction of sp³-hybridized carbons (Fsp3) is 0.533. The molecule has 0 heterocycles. The van der Waals surface area contributed by atoms with Crippen molar-refractivity contribution in [1.29, 1.82) is 0 Å². The highest BCUT2D eigenvalue weighted by Crippen LogP contribution is 2.11. The SMILES string of the molecule is CN=C(NCCOCCS(C)(=O)=O)N(C)Cc1ccc(Br)cc1. The van der Waals surface area contributed by atoms with Crippen molar-refractivity contribution in [2.24, 2.45) is 4.99 Å². The van der Waals surface area contributed by atoms with Gasteiger partial charge in [0.25, 0.3) is 0 Å². The van der Waals surface area contributed by atoms with Crippen LogP contribution >= 0.6 is 15.9 Å². The maximum Gasteiger partial charge on any atom is 0.193 e. The van der Waals surface area contributed by atoms with E-state index in [1.54, 1.807) is 7.05 Å². The van der Waals surface area contributed by atoms with Crippen molar-refractivity contribution in [3.8, 4) is 0 Å². The molecular weight excluding hydrogens is 382 g/mol. The number of aliphatic imine (C=N–C) groups is 1. The molecule has 0 fully saturated rings. The number of rotatable bonds is 8. The van der Waals surface area contributed by atoms with Crippen LogP contribution in [0.5, 0.6) is 0 Å². The van der Waals surface area contributed by atoms with Crippen LogP contribution in [0.15, 0.2) is 33.7 Å². The molecule has 0 aliphatic rings. The van der Waals surface area contributed by atoms with Crippen molar-refractivity contribution in [3.63, 3.8) is 0 Å². The van der Waals surface area contributed by atoms with E-state index in [-0.39, 0.29) is 12.4 Å². The second-order valence-corrected chi connectivity index (χ2v) is 8.37. The van der Waals surface area contributed by atoms with Crippen LogP contribution in [0.1, 0.15) is 5.56 Å². The smallest absolute Gasteiger partial charge is 0.193 e. The maximum absolute atomic E-state index is 11.0. The lowest BCUT2D eigenvalue weighted by Gasteiger charge is -2.22. The Bertz CT molecular complexity index is 603. The van der Waals surface area contributed by atoms with Crippen LogP contribution in [-0.4, -0.2) is 65.1 Å². The van der Waals surface area contributed by atoms with Crippen molar-refractivity contribution >= 4 is 31.7 Å². The molecule has 0 bridgehead atoms. The Morgan fingerprint density at radius 2 is 1.96 bits per heavy atom. The van der Waals surface area contributed by atoms with Crippen LogP contribution < -0.4 is 5.32 Å². The Hall–Kier alpha value is -1.12. The third-order valence-electron chi connectivity index (χ3n) is 3.03. The van der Waals surface area contributed by atoms with Gasteiger partial charge in [-0.2, -0.15) is 0 Å². The number of benzene rings is 1. The average Bonchev–Trinajstić information content (AvgIpc) is 2.47. The first kappa shape index (κ1) is 19.9. The Labute approximate surface area is 147 Å². The minimum Gasteiger partial charge on any atom is -0.379 e. The molecule has 0 amide bonds. The summed E-state index contributed by atoms with van der Waals surface area (Å²) in [6, 6.07) is 8.13. The summed E-state index contributed by atoms with van der Waals surface area (Å²) in [5.74, 6) is 0.810. The van der Waals surface area contributed by atoms with Crippen molar-refractivity contribution in [1.82, 2.24) is 10.2 Å². The molecule has 23 heavy (non-hydrogen) atoms. The van der Waals surface area contributed by atoms with Gasteiger partial charge in [-0.25, -0.2) is 8.42 Å². The highest BCUT2D eigenvalue weighted by Gasteiger charge is 2.06. The number of nitrogens with one attached hydrogen (secondary N) is 1. The predicted molar refractivity (Wildman–Crippen MR) is 97.5 cm³/mol. The van der Waals surface area contributed by atoms with E-state index in [0.717, 1.165) is 17.0 Å². The van der Waals surface area contributed by atoms with Gasteiger partial charge in [0.1, 0.15) is 9.84 Å². The zero-order chi connectivity index (χ0) is 17.3. The van der Waals surface area contributed by atoms with Crippen molar-refractivity contribution in [2.75, 3.05) is 45.9 Å². The molecule has 0 atom stereocenters. The topological polar surface area (TPSA) is 71.0 Å². The first-order valence-corrected chi connectivity index (χ1v) is 10.1. The first-order valence-electron chi connectivity index (χ1n) is 7.23. The van der Waals surface area contributed by atoms with Gasteiger partial charge < -0.3 is 15.0 Å². The van der Waals surface area contributed by atoms with Crippen LogP contribution in [0.3, 0.4) is 0 Å². The van der Waals surface area contributed by atoms with Crippen molar-refractivity contribution in [2.45, 2.75) is 6.54 Å². The number of hydrogen-bond donors (Lipinski definition) is 1. The van der Waals surface area contributed by atoms with E-state index in [2.05, 4.69) is 38.4 Å². The second kappa shape index (κ2) is 9.89. The molecule has 0 radical (unpaired) electrons. The monoisotopic (exact) mass is 405 g/mol. The Balaban J connectivity index is 2.31. The largest absolute Gasteiger partial charge is 0.379 e. The van der Waals surface area contributed by atoms with E-state index in [9.17, 15) is 8.42 Å². The molecule has 6 nitrogen and oxygen atoms in total. The average molecular weight is 406 g/mol. The number of hydrogen-bond acceptors (Lipinski definition) is 4. The lowest BCUT2D eigenvalue weighted by molar-refractivity contribution is 0.153. The number of halogens is 1. The fourth-order valence-corrected chi connectivity index (χ4v) is 2.56. The van der Waals surface area contributed by atoms with Gasteiger partial charge in [0.15, 0.2) is 5.96 Å². The van der Waals surface area contributed by atoms with Crippen LogP contribution in [-0.2, 0) is 21.1 Å². The molecule has 130 valence electrons. The zero-order valence-electron chi connectivity index (χ0n) is 13.8. The summed E-state index contributed by atoms with van der Waals surface area (Å²) in [5, 5.41) is 3.19. The Kier molecular flexibility index (Phi) is 8.57. The van der Waals surface area contributed by atoms with Crippen LogP contribution in [0.2, 0.25) is 0 Å². The summed E-state index contributed by atoms with van der Waals surface area (Å²) < 4.78 is 28.3. The molecule has 1 aromatic carbocycles. The van der Waals surface area contributed by atoms with Gasteiger partial charge in [-0.05, 0) is 17.7 Å². The van der Waals surface area contributed by atoms with Crippen LogP contribution in [0.25, 0.3) is 0 Å². The molecule has 0 aromatic heterocycles. The van der Waals surface area contributed by atoms with Gasteiger partial charge in [-0.3, -0.25) is 4.99 Å². The summed E-state index contributed by atoms with van der Waals surface area (Å²) in [4.78, 5) is 6.24. The van der Waals surface area contributed by atoms with Gasteiger partial charge >= 0.3 is 0 Å². The van der Waals surface area contributed by atoms with Gasteiger partial charge in [0.05, 0.1) is 19.0 Å². The number of nitrogens with zero attached hydrogens (tertiary/aromatic N) is 2. The van der Waals surface area contributed by atoms with Gasteiger partial charge in [0.2, 0.25) is 0 Å². The van der Waals surface area contributed by atoms with Gasteiger partial charge in [-0.15, -0.1) is 0 Å². The molecule has 0 unspecified atom stereocenters. The normalized spacial score (nSPS) is 12.3. The molecule has 1 rings (SSSR count). The molecule has 1 N–H and O–H groups in total. The zero-order valence-corrected chi connectivity index (χ0v) is 16.2. The van der Waals surface area contributed by atoms with E-state index < -0.39 is 9.84 Å². The summed E-state index contributed by atoms with van der Waals surface area (Å²) in [6.07, 6.45) is 1.20.